The summed E-state index contributed by atoms with van der Waals surface area (Å²) in [6.45, 7) is 16.2. The lowest BCUT2D eigenvalue weighted by Crippen LogP contribution is -2.69. The number of allylic oxidation sites excluding steroid dienone is 1. The highest BCUT2D eigenvalue weighted by Crippen LogP contribution is 2.40. The van der Waals surface area contributed by atoms with E-state index in [1.807, 2.05) is 65.0 Å². The number of hydrogen-bond acceptors (Lipinski definition) is 7. The number of carbonyl (C=O) groups excluding carboxylic acids is 2. The van der Waals surface area contributed by atoms with Gasteiger partial charge in [0, 0.05) is 12.5 Å². The van der Waals surface area contributed by atoms with Gasteiger partial charge in [0.15, 0.2) is 12.4 Å². The van der Waals surface area contributed by atoms with Crippen molar-refractivity contribution in [3.63, 3.8) is 0 Å². The van der Waals surface area contributed by atoms with Crippen LogP contribution in [0.2, 0.25) is 5.04 Å². The van der Waals surface area contributed by atoms with Gasteiger partial charge in [-0.05, 0) is 75.0 Å². The molecule has 7 nitrogen and oxygen atoms in total. The van der Waals surface area contributed by atoms with Crippen LogP contribution < -0.4 is 10.4 Å². The van der Waals surface area contributed by atoms with Gasteiger partial charge in [-0.25, -0.2) is 9.59 Å². The summed E-state index contributed by atoms with van der Waals surface area (Å²) in [6, 6.07) is 29.9. The van der Waals surface area contributed by atoms with Gasteiger partial charge in [0.25, 0.3) is 8.32 Å². The van der Waals surface area contributed by atoms with Crippen molar-refractivity contribution in [2.45, 2.75) is 116 Å². The van der Waals surface area contributed by atoms with Gasteiger partial charge in [-0.2, -0.15) is 0 Å². The van der Waals surface area contributed by atoms with E-state index in [0.29, 0.717) is 24.8 Å². The fraction of sp³-hybridized carbons (Fsp3) is 0.450. The van der Waals surface area contributed by atoms with Crippen LogP contribution >= 0.6 is 0 Å². The van der Waals surface area contributed by atoms with Crippen molar-refractivity contribution in [3.8, 4) is 0 Å². The average molecular weight is 673 g/mol. The second-order valence-corrected chi connectivity index (χ2v) is 18.8. The largest absolute Gasteiger partial charge is 0.457 e. The number of carbonyl (C=O) groups is 2. The van der Waals surface area contributed by atoms with E-state index in [1.54, 1.807) is 18.2 Å². The highest BCUT2D eigenvalue weighted by molar-refractivity contribution is 6.99. The molecule has 1 heterocycles. The van der Waals surface area contributed by atoms with Crippen LogP contribution in [-0.4, -0.2) is 56.6 Å². The van der Waals surface area contributed by atoms with Crippen LogP contribution in [0.1, 0.15) is 85.0 Å². The number of benzene rings is 3. The predicted molar refractivity (Wildman–Crippen MR) is 192 cm³/mol. The lowest BCUT2D eigenvalue weighted by molar-refractivity contribution is -0.270. The van der Waals surface area contributed by atoms with Crippen LogP contribution in [0.4, 0.5) is 0 Å². The molecule has 8 heteroatoms. The average Bonchev–Trinajstić information content (AvgIpc) is 3.03. The van der Waals surface area contributed by atoms with E-state index in [1.165, 1.54) is 16.4 Å². The van der Waals surface area contributed by atoms with E-state index in [9.17, 15) is 9.59 Å². The van der Waals surface area contributed by atoms with Crippen molar-refractivity contribution in [1.82, 2.24) is 0 Å². The molecular weight excluding hydrogens is 621 g/mol. The Morgan fingerprint density at radius 3 is 1.92 bits per heavy atom. The van der Waals surface area contributed by atoms with E-state index in [-0.39, 0.29) is 29.3 Å². The molecule has 1 fully saturated rings. The summed E-state index contributed by atoms with van der Waals surface area (Å²) in [7, 11) is -2.92. The maximum absolute atomic E-state index is 13.4. The minimum atomic E-state index is -2.92. The van der Waals surface area contributed by atoms with Gasteiger partial charge in [-0.3, -0.25) is 0 Å². The smallest absolute Gasteiger partial charge is 0.338 e. The van der Waals surface area contributed by atoms with Crippen LogP contribution in [0.25, 0.3) is 0 Å². The summed E-state index contributed by atoms with van der Waals surface area (Å²) >= 11 is 0. The highest BCUT2D eigenvalue weighted by atomic mass is 28.4. The van der Waals surface area contributed by atoms with Crippen LogP contribution in [0.15, 0.2) is 103 Å². The third-order valence-electron chi connectivity index (χ3n) is 8.42. The fourth-order valence-corrected chi connectivity index (χ4v) is 10.9. The molecule has 1 aliphatic rings. The van der Waals surface area contributed by atoms with E-state index in [0.717, 1.165) is 0 Å². The number of hydrogen-bond donors (Lipinski definition) is 0. The van der Waals surface area contributed by atoms with Crippen molar-refractivity contribution in [3.05, 3.63) is 109 Å². The minimum Gasteiger partial charge on any atom is -0.457 e. The second kappa shape index (κ2) is 16.2. The van der Waals surface area contributed by atoms with Crippen LogP contribution in [0.5, 0.6) is 0 Å². The normalized spacial score (nSPS) is 21.1. The Hall–Kier alpha value is -3.56. The molecule has 0 unspecified atom stereocenters. The van der Waals surface area contributed by atoms with E-state index >= 15 is 0 Å². The number of rotatable bonds is 12. The van der Waals surface area contributed by atoms with Crippen LogP contribution in [0, 0.1) is 0 Å². The van der Waals surface area contributed by atoms with Crippen LogP contribution in [-0.2, 0) is 28.2 Å². The lowest BCUT2D eigenvalue weighted by atomic mass is 10.0. The zero-order valence-corrected chi connectivity index (χ0v) is 30.7. The third-order valence-corrected chi connectivity index (χ3v) is 13.5. The zero-order valence-electron chi connectivity index (χ0n) is 29.7. The van der Waals surface area contributed by atoms with Gasteiger partial charge in [0.05, 0.1) is 23.9 Å². The Labute approximate surface area is 287 Å². The summed E-state index contributed by atoms with van der Waals surface area (Å²) in [4.78, 5) is 25.4. The Kier molecular flexibility index (Phi) is 12.6. The summed E-state index contributed by atoms with van der Waals surface area (Å²) in [5.41, 5.74) is -0.0858. The van der Waals surface area contributed by atoms with Gasteiger partial charge >= 0.3 is 11.9 Å². The van der Waals surface area contributed by atoms with Gasteiger partial charge in [0.1, 0.15) is 5.60 Å². The summed E-state index contributed by atoms with van der Waals surface area (Å²) < 4.78 is 31.9. The van der Waals surface area contributed by atoms with Gasteiger partial charge < -0.3 is 23.4 Å². The molecule has 0 spiro atoms. The Bertz CT molecular complexity index is 1440. The molecule has 1 aliphatic heterocycles. The minimum absolute atomic E-state index is 0.236. The number of ether oxygens (including phenoxy) is 4. The molecule has 258 valence electrons. The van der Waals surface area contributed by atoms with Gasteiger partial charge in [0.2, 0.25) is 0 Å². The molecule has 4 rings (SSSR count). The molecule has 0 aromatic heterocycles. The summed E-state index contributed by atoms with van der Waals surface area (Å²) in [5, 5.41) is 2.10. The Balaban J connectivity index is 1.58. The SMILES string of the molecule is C[C@H](CC/C=C/C(=O)OC(C)(C)C)O[C@@H]1O[C@@H](C)[C@H](O[Si](c2ccccc2)(c2ccccc2)C(C)(C)C)C[C@H]1OC(=O)c1ccccc1. The van der Waals surface area contributed by atoms with Gasteiger partial charge in [-0.1, -0.05) is 106 Å². The van der Waals surface area contributed by atoms with Crippen molar-refractivity contribution in [1.29, 1.82) is 0 Å². The molecule has 0 saturated carbocycles. The van der Waals surface area contributed by atoms with Crippen molar-refractivity contribution in [2.24, 2.45) is 0 Å². The molecule has 0 radical (unpaired) electrons. The lowest BCUT2D eigenvalue weighted by Gasteiger charge is -2.48. The molecular formula is C40H52O7Si. The summed E-state index contributed by atoms with van der Waals surface area (Å²) in [5.74, 6) is -0.815. The van der Waals surface area contributed by atoms with Crippen molar-refractivity contribution >= 4 is 30.6 Å². The third kappa shape index (κ3) is 9.75. The second-order valence-electron chi connectivity index (χ2n) is 14.5. The maximum Gasteiger partial charge on any atom is 0.338 e. The molecule has 0 aliphatic carbocycles. The van der Waals surface area contributed by atoms with E-state index in [2.05, 4.69) is 69.3 Å². The van der Waals surface area contributed by atoms with Crippen LogP contribution in [0.3, 0.4) is 0 Å². The fourth-order valence-electron chi connectivity index (χ4n) is 6.13. The van der Waals surface area contributed by atoms with Gasteiger partial charge in [-0.15, -0.1) is 0 Å². The number of esters is 2. The van der Waals surface area contributed by atoms with E-state index < -0.39 is 32.3 Å². The molecule has 3 aromatic rings. The molecule has 5 atom stereocenters. The Morgan fingerprint density at radius 2 is 1.40 bits per heavy atom. The first-order chi connectivity index (χ1) is 22.7. The molecule has 0 bridgehead atoms. The molecule has 0 amide bonds. The first-order valence-corrected chi connectivity index (χ1v) is 18.9. The molecule has 0 N–H and O–H groups in total. The maximum atomic E-state index is 13.4. The molecule has 1 saturated heterocycles. The van der Waals surface area contributed by atoms with Crippen molar-refractivity contribution in [2.75, 3.05) is 0 Å². The highest BCUT2D eigenvalue weighted by Gasteiger charge is 2.53. The monoisotopic (exact) mass is 672 g/mol. The van der Waals surface area contributed by atoms with E-state index in [4.69, 9.17) is 23.4 Å². The quantitative estimate of drug-likeness (QED) is 0.113. The standard InChI is InChI=1S/C40H52O7Si/c1-29(20-18-19-27-36(41)46-39(3,4)5)43-38-35(45-37(42)31-21-12-9-13-22-31)28-34(30(2)44-38)47-48(40(6,7)8,32-23-14-10-15-24-32)33-25-16-11-17-26-33/h9-17,19,21-27,29-30,34-35,38H,18,20,28H2,1-8H3/b27-19+/t29-,30+,34-,35-,38-/m1/s1. The first-order valence-electron chi connectivity index (χ1n) is 16.9. The molecule has 48 heavy (non-hydrogen) atoms. The van der Waals surface area contributed by atoms with Crippen molar-refractivity contribution < 1.29 is 33.0 Å². The molecule has 3 aromatic carbocycles. The zero-order chi connectivity index (χ0) is 35.0. The summed E-state index contributed by atoms with van der Waals surface area (Å²) in [6.07, 6.45) is 2.42. The predicted octanol–water partition coefficient (Wildman–Crippen LogP) is 7.38. The first kappa shape index (κ1) is 37.3. The topological polar surface area (TPSA) is 80.3 Å². The Morgan fingerprint density at radius 1 is 0.854 bits per heavy atom.